The highest BCUT2D eigenvalue weighted by atomic mass is 16.5. The Balaban J connectivity index is 1.40. The summed E-state index contributed by atoms with van der Waals surface area (Å²) in [5.41, 5.74) is 1.36. The molecule has 4 heteroatoms. The lowest BCUT2D eigenvalue weighted by molar-refractivity contribution is -0.130. The van der Waals surface area contributed by atoms with Crippen molar-refractivity contribution >= 4 is 5.91 Å². The molecule has 1 spiro atoms. The molecule has 2 saturated heterocycles. The summed E-state index contributed by atoms with van der Waals surface area (Å²) in [6.45, 7) is 6.18. The topological polar surface area (TPSA) is 32.8 Å². The van der Waals surface area contributed by atoms with Gasteiger partial charge in [0, 0.05) is 51.2 Å². The number of rotatable bonds is 6. The molecule has 2 heterocycles. The summed E-state index contributed by atoms with van der Waals surface area (Å²) in [7, 11) is 1.81. The molecule has 25 heavy (non-hydrogen) atoms. The fourth-order valence-corrected chi connectivity index (χ4v) is 4.83. The zero-order valence-electron chi connectivity index (χ0n) is 15.3. The van der Waals surface area contributed by atoms with Crippen molar-refractivity contribution in [1.29, 1.82) is 0 Å². The second kappa shape index (κ2) is 7.08. The zero-order chi connectivity index (χ0) is 17.3. The predicted molar refractivity (Wildman–Crippen MR) is 98.3 cm³/mol. The first-order valence-electron chi connectivity index (χ1n) is 9.71. The molecular weight excluding hydrogens is 312 g/mol. The van der Waals surface area contributed by atoms with Crippen LogP contribution in [0.4, 0.5) is 0 Å². The van der Waals surface area contributed by atoms with E-state index in [-0.39, 0.29) is 11.3 Å². The average molecular weight is 342 g/mol. The summed E-state index contributed by atoms with van der Waals surface area (Å²) in [6.07, 6.45) is 4.46. The van der Waals surface area contributed by atoms with Gasteiger partial charge in [0.15, 0.2) is 0 Å². The Morgan fingerprint density at radius 3 is 2.76 bits per heavy atom. The SMILES string of the molecule is COC[C@H]1CN(CC2CC2)C[C@@]12CCN(C(=O)Cc1ccccc1)C2. The van der Waals surface area contributed by atoms with Gasteiger partial charge in [0.2, 0.25) is 5.91 Å². The Morgan fingerprint density at radius 2 is 2.04 bits per heavy atom. The molecule has 1 aliphatic carbocycles. The molecule has 4 nitrogen and oxygen atoms in total. The summed E-state index contributed by atoms with van der Waals surface area (Å²) in [4.78, 5) is 17.5. The van der Waals surface area contributed by atoms with E-state index in [9.17, 15) is 4.79 Å². The molecule has 2 aliphatic heterocycles. The van der Waals surface area contributed by atoms with Crippen molar-refractivity contribution < 1.29 is 9.53 Å². The van der Waals surface area contributed by atoms with Gasteiger partial charge in [-0.05, 0) is 30.7 Å². The van der Waals surface area contributed by atoms with Gasteiger partial charge in [0.25, 0.3) is 0 Å². The summed E-state index contributed by atoms with van der Waals surface area (Å²) in [5.74, 6) is 1.77. The summed E-state index contributed by atoms with van der Waals surface area (Å²) >= 11 is 0. The van der Waals surface area contributed by atoms with Crippen LogP contribution < -0.4 is 0 Å². The molecule has 1 saturated carbocycles. The highest BCUT2D eigenvalue weighted by Gasteiger charge is 2.51. The first-order chi connectivity index (χ1) is 12.2. The lowest BCUT2D eigenvalue weighted by atomic mass is 9.77. The number of likely N-dealkylation sites (tertiary alicyclic amines) is 2. The molecule has 0 radical (unpaired) electrons. The minimum absolute atomic E-state index is 0.247. The minimum Gasteiger partial charge on any atom is -0.384 e. The first kappa shape index (κ1) is 17.0. The Kier molecular flexibility index (Phi) is 4.83. The van der Waals surface area contributed by atoms with E-state index in [1.165, 1.54) is 19.4 Å². The molecule has 1 aromatic rings. The molecule has 3 aliphatic rings. The van der Waals surface area contributed by atoms with Crippen LogP contribution in [0.15, 0.2) is 30.3 Å². The molecule has 3 fully saturated rings. The van der Waals surface area contributed by atoms with Crippen molar-refractivity contribution in [2.24, 2.45) is 17.3 Å². The van der Waals surface area contributed by atoms with Gasteiger partial charge < -0.3 is 14.5 Å². The Morgan fingerprint density at radius 1 is 1.24 bits per heavy atom. The lowest BCUT2D eigenvalue weighted by Gasteiger charge is -2.30. The van der Waals surface area contributed by atoms with Gasteiger partial charge in [-0.15, -0.1) is 0 Å². The number of nitrogens with zero attached hydrogens (tertiary/aromatic N) is 2. The van der Waals surface area contributed by atoms with Crippen molar-refractivity contribution in [3.8, 4) is 0 Å². The minimum atomic E-state index is 0.247. The average Bonchev–Trinajstić information content (AvgIpc) is 3.22. The number of hydrogen-bond acceptors (Lipinski definition) is 3. The molecule has 1 aromatic carbocycles. The van der Waals surface area contributed by atoms with Crippen molar-refractivity contribution in [2.75, 3.05) is 46.4 Å². The smallest absolute Gasteiger partial charge is 0.227 e. The van der Waals surface area contributed by atoms with Crippen LogP contribution >= 0.6 is 0 Å². The number of carbonyl (C=O) groups is 1. The number of amides is 1. The molecule has 0 aromatic heterocycles. The Bertz CT molecular complexity index is 601. The largest absolute Gasteiger partial charge is 0.384 e. The van der Waals surface area contributed by atoms with E-state index >= 15 is 0 Å². The van der Waals surface area contributed by atoms with Crippen LogP contribution in [0.1, 0.15) is 24.8 Å². The lowest BCUT2D eigenvalue weighted by Crippen LogP contribution is -2.38. The van der Waals surface area contributed by atoms with Crippen molar-refractivity contribution in [3.05, 3.63) is 35.9 Å². The molecule has 0 N–H and O–H groups in total. The molecule has 1 amide bonds. The van der Waals surface area contributed by atoms with E-state index in [1.807, 2.05) is 37.4 Å². The molecule has 4 rings (SSSR count). The number of benzene rings is 1. The van der Waals surface area contributed by atoms with Crippen LogP contribution in [-0.2, 0) is 16.0 Å². The van der Waals surface area contributed by atoms with Crippen molar-refractivity contribution in [2.45, 2.75) is 25.7 Å². The summed E-state index contributed by atoms with van der Waals surface area (Å²) in [5, 5.41) is 0. The second-order valence-corrected chi connectivity index (χ2v) is 8.38. The van der Waals surface area contributed by atoms with E-state index in [0.29, 0.717) is 12.3 Å². The molecule has 0 unspecified atom stereocenters. The van der Waals surface area contributed by atoms with Crippen LogP contribution in [-0.4, -0.2) is 62.1 Å². The Labute approximate surface area is 151 Å². The third-order valence-electron chi connectivity index (χ3n) is 6.40. The van der Waals surface area contributed by atoms with Gasteiger partial charge in [-0.2, -0.15) is 0 Å². The van der Waals surface area contributed by atoms with Gasteiger partial charge in [-0.3, -0.25) is 4.79 Å². The quantitative estimate of drug-likeness (QED) is 0.796. The predicted octanol–water partition coefficient (Wildman–Crippen LogP) is 2.44. The maximum atomic E-state index is 12.8. The van der Waals surface area contributed by atoms with E-state index in [4.69, 9.17) is 4.74 Å². The number of hydrogen-bond donors (Lipinski definition) is 0. The standard InChI is InChI=1S/C21H30N2O2/c1-25-14-19-13-22(12-18-7-8-18)15-21(19)9-10-23(16-21)20(24)11-17-5-3-2-4-6-17/h2-6,18-19H,7-16H2,1H3/t19-,21-/m1/s1. The van der Waals surface area contributed by atoms with E-state index in [1.54, 1.807) is 0 Å². The highest BCUT2D eigenvalue weighted by molar-refractivity contribution is 5.79. The number of carbonyl (C=O) groups excluding carboxylic acids is 1. The Hall–Kier alpha value is -1.39. The molecule has 0 bridgehead atoms. The summed E-state index contributed by atoms with van der Waals surface area (Å²) in [6, 6.07) is 10.1. The monoisotopic (exact) mass is 342 g/mol. The molecule has 2 atom stereocenters. The number of methoxy groups -OCH3 is 1. The van der Waals surface area contributed by atoms with E-state index in [0.717, 1.165) is 50.7 Å². The van der Waals surface area contributed by atoms with E-state index in [2.05, 4.69) is 9.80 Å². The van der Waals surface area contributed by atoms with Crippen LogP contribution in [0.5, 0.6) is 0 Å². The van der Waals surface area contributed by atoms with Gasteiger partial charge in [-0.25, -0.2) is 0 Å². The second-order valence-electron chi connectivity index (χ2n) is 8.38. The fraction of sp³-hybridized carbons (Fsp3) is 0.667. The maximum Gasteiger partial charge on any atom is 0.227 e. The van der Waals surface area contributed by atoms with Gasteiger partial charge in [0.1, 0.15) is 0 Å². The van der Waals surface area contributed by atoms with Crippen LogP contribution in [0.2, 0.25) is 0 Å². The van der Waals surface area contributed by atoms with Crippen molar-refractivity contribution in [3.63, 3.8) is 0 Å². The van der Waals surface area contributed by atoms with Crippen LogP contribution in [0, 0.1) is 17.3 Å². The maximum absolute atomic E-state index is 12.8. The van der Waals surface area contributed by atoms with E-state index < -0.39 is 0 Å². The third kappa shape index (κ3) is 3.75. The third-order valence-corrected chi connectivity index (χ3v) is 6.40. The summed E-state index contributed by atoms with van der Waals surface area (Å²) < 4.78 is 5.54. The van der Waals surface area contributed by atoms with Crippen molar-refractivity contribution in [1.82, 2.24) is 9.80 Å². The first-order valence-corrected chi connectivity index (χ1v) is 9.71. The van der Waals surface area contributed by atoms with Gasteiger partial charge in [0.05, 0.1) is 13.0 Å². The number of ether oxygens (including phenoxy) is 1. The molecule has 136 valence electrons. The van der Waals surface area contributed by atoms with Crippen LogP contribution in [0.25, 0.3) is 0 Å². The van der Waals surface area contributed by atoms with Crippen LogP contribution in [0.3, 0.4) is 0 Å². The van der Waals surface area contributed by atoms with Gasteiger partial charge in [-0.1, -0.05) is 30.3 Å². The molecular formula is C21H30N2O2. The zero-order valence-corrected chi connectivity index (χ0v) is 15.3. The van der Waals surface area contributed by atoms with Gasteiger partial charge >= 0.3 is 0 Å². The fourth-order valence-electron chi connectivity index (χ4n) is 4.83. The highest BCUT2D eigenvalue weighted by Crippen LogP contribution is 2.45. The normalized spacial score (nSPS) is 29.6.